The molecule has 1 heterocycles. The Labute approximate surface area is 114 Å². The van der Waals surface area contributed by atoms with Crippen LogP contribution in [0.1, 0.15) is 46.2 Å². The molecular weight excluding hydrogens is 242 g/mol. The number of nitrogens with zero attached hydrogens (tertiary/aromatic N) is 2. The number of rotatable bonds is 2. The predicted molar refractivity (Wildman–Crippen MR) is 72.9 cm³/mol. The van der Waals surface area contributed by atoms with Gasteiger partial charge in [0.15, 0.2) is 0 Å². The number of nitrogens with two attached hydrogens (primary N) is 1. The molecule has 2 atom stereocenters. The van der Waals surface area contributed by atoms with Crippen molar-refractivity contribution in [1.29, 1.82) is 0 Å². The van der Waals surface area contributed by atoms with Crippen LogP contribution in [0.2, 0.25) is 0 Å². The van der Waals surface area contributed by atoms with Gasteiger partial charge in [0, 0.05) is 12.1 Å². The Morgan fingerprint density at radius 3 is 2.63 bits per heavy atom. The molecule has 1 aromatic rings. The zero-order valence-electron chi connectivity index (χ0n) is 12.3. The molecule has 1 fully saturated rings. The molecule has 1 saturated carbocycles. The van der Waals surface area contributed by atoms with E-state index in [1.165, 1.54) is 10.9 Å². The average Bonchev–Trinajstić information content (AvgIpc) is 2.63. The minimum absolute atomic E-state index is 0.169. The fraction of sp³-hybridized carbons (Fsp3) is 0.714. The van der Waals surface area contributed by atoms with E-state index in [0.29, 0.717) is 18.4 Å². The van der Waals surface area contributed by atoms with Crippen LogP contribution in [0, 0.1) is 11.3 Å². The molecule has 19 heavy (non-hydrogen) atoms. The van der Waals surface area contributed by atoms with Gasteiger partial charge in [-0.2, -0.15) is 0 Å². The van der Waals surface area contributed by atoms with Gasteiger partial charge in [-0.1, -0.05) is 13.8 Å². The molecule has 0 aromatic carbocycles. The van der Waals surface area contributed by atoms with Crippen LogP contribution in [-0.2, 0) is 4.74 Å². The van der Waals surface area contributed by atoms with Crippen molar-refractivity contribution in [2.75, 3.05) is 6.54 Å². The normalized spacial score (nSPS) is 25.2. The average molecular weight is 265 g/mol. The second kappa shape index (κ2) is 4.34. The molecule has 5 heteroatoms. The third-order valence-electron chi connectivity index (χ3n) is 3.83. The molecule has 0 spiro atoms. The third-order valence-corrected chi connectivity index (χ3v) is 3.83. The molecule has 5 nitrogen and oxygen atoms in total. The van der Waals surface area contributed by atoms with Gasteiger partial charge >= 0.3 is 6.09 Å². The van der Waals surface area contributed by atoms with E-state index in [-0.39, 0.29) is 5.41 Å². The second-order valence-electron chi connectivity index (χ2n) is 6.83. The Kier molecular flexibility index (Phi) is 3.21. The monoisotopic (exact) mass is 265 g/mol. The van der Waals surface area contributed by atoms with E-state index in [0.717, 1.165) is 5.69 Å². The summed E-state index contributed by atoms with van der Waals surface area (Å²) in [6, 6.07) is 0. The summed E-state index contributed by atoms with van der Waals surface area (Å²) in [6.07, 6.45) is 2.88. The zero-order valence-corrected chi connectivity index (χ0v) is 12.3. The van der Waals surface area contributed by atoms with Gasteiger partial charge in [-0.05, 0) is 38.6 Å². The minimum Gasteiger partial charge on any atom is -0.443 e. The van der Waals surface area contributed by atoms with Crippen molar-refractivity contribution in [3.8, 4) is 0 Å². The van der Waals surface area contributed by atoms with Crippen LogP contribution < -0.4 is 5.73 Å². The summed E-state index contributed by atoms with van der Waals surface area (Å²) in [5, 5.41) is 0. The van der Waals surface area contributed by atoms with E-state index in [2.05, 4.69) is 18.8 Å². The number of ether oxygens (including phenoxy) is 1. The fourth-order valence-electron chi connectivity index (χ4n) is 2.68. The van der Waals surface area contributed by atoms with Gasteiger partial charge < -0.3 is 10.5 Å². The van der Waals surface area contributed by atoms with Crippen LogP contribution >= 0.6 is 0 Å². The van der Waals surface area contributed by atoms with Crippen molar-refractivity contribution in [3.05, 3.63) is 18.2 Å². The summed E-state index contributed by atoms with van der Waals surface area (Å²) in [5.41, 5.74) is 6.35. The first-order valence-electron chi connectivity index (χ1n) is 6.64. The van der Waals surface area contributed by atoms with Gasteiger partial charge in [0.05, 0.1) is 5.69 Å². The fourth-order valence-corrected chi connectivity index (χ4v) is 2.68. The van der Waals surface area contributed by atoms with Crippen molar-refractivity contribution in [2.45, 2.75) is 46.1 Å². The largest absolute Gasteiger partial charge is 0.443 e. The first-order valence-corrected chi connectivity index (χ1v) is 6.64. The molecular formula is C14H23N3O2. The molecule has 1 aromatic heterocycles. The summed E-state index contributed by atoms with van der Waals surface area (Å²) >= 11 is 0. The maximum atomic E-state index is 11.9. The summed E-state index contributed by atoms with van der Waals surface area (Å²) in [4.78, 5) is 16.2. The lowest BCUT2D eigenvalue weighted by molar-refractivity contribution is 0.0536. The van der Waals surface area contributed by atoms with Crippen molar-refractivity contribution in [1.82, 2.24) is 9.55 Å². The quantitative estimate of drug-likeness (QED) is 0.891. The lowest BCUT2D eigenvalue weighted by Crippen LogP contribution is -2.26. The van der Waals surface area contributed by atoms with Gasteiger partial charge in [-0.25, -0.2) is 14.3 Å². The predicted octanol–water partition coefficient (Wildman–Crippen LogP) is 2.36. The van der Waals surface area contributed by atoms with Crippen LogP contribution in [-0.4, -0.2) is 27.8 Å². The summed E-state index contributed by atoms with van der Waals surface area (Å²) < 4.78 is 6.71. The molecule has 0 radical (unpaired) electrons. The van der Waals surface area contributed by atoms with E-state index >= 15 is 0 Å². The van der Waals surface area contributed by atoms with Crippen LogP contribution in [0.25, 0.3) is 0 Å². The molecule has 2 rings (SSSR count). The van der Waals surface area contributed by atoms with Crippen molar-refractivity contribution in [2.24, 2.45) is 17.1 Å². The number of carbonyl (C=O) groups is 1. The van der Waals surface area contributed by atoms with E-state index in [4.69, 9.17) is 10.5 Å². The SMILES string of the molecule is CC(C)(C)OC(=O)n1cnc([C@@H]2[C@@H](CN)C2(C)C)c1. The Morgan fingerprint density at radius 2 is 2.16 bits per heavy atom. The molecule has 1 aliphatic carbocycles. The molecule has 1 aliphatic rings. The smallest absolute Gasteiger partial charge is 0.419 e. The van der Waals surface area contributed by atoms with Crippen LogP contribution in [0.15, 0.2) is 12.5 Å². The first kappa shape index (κ1) is 14.1. The van der Waals surface area contributed by atoms with E-state index in [1.54, 1.807) is 6.20 Å². The molecule has 0 saturated heterocycles. The highest BCUT2D eigenvalue weighted by atomic mass is 16.6. The number of hydrogen-bond acceptors (Lipinski definition) is 4. The first-order chi connectivity index (χ1) is 8.66. The summed E-state index contributed by atoms with van der Waals surface area (Å²) in [6.45, 7) is 10.5. The second-order valence-corrected chi connectivity index (χ2v) is 6.83. The van der Waals surface area contributed by atoms with Crippen LogP contribution in [0.3, 0.4) is 0 Å². The maximum Gasteiger partial charge on any atom is 0.419 e. The zero-order chi connectivity index (χ0) is 14.4. The standard InChI is InChI=1S/C14H23N3O2/c1-13(2,3)19-12(18)17-7-10(16-8-17)11-9(6-15)14(11,4)5/h7-9,11H,6,15H2,1-5H3/t9-,11+/m1/s1. The molecule has 0 unspecified atom stereocenters. The summed E-state index contributed by atoms with van der Waals surface area (Å²) in [7, 11) is 0. The molecule has 2 N–H and O–H groups in total. The van der Waals surface area contributed by atoms with Crippen molar-refractivity contribution >= 4 is 6.09 Å². The van der Waals surface area contributed by atoms with Gasteiger partial charge in [0.1, 0.15) is 11.9 Å². The number of hydrogen-bond donors (Lipinski definition) is 1. The van der Waals surface area contributed by atoms with Gasteiger partial charge in [0.25, 0.3) is 0 Å². The topological polar surface area (TPSA) is 70.1 Å². The minimum atomic E-state index is -0.500. The lowest BCUT2D eigenvalue weighted by Gasteiger charge is -2.19. The number of carbonyl (C=O) groups excluding carboxylic acids is 1. The third kappa shape index (κ3) is 2.66. The Balaban J connectivity index is 2.11. The van der Waals surface area contributed by atoms with Gasteiger partial charge in [-0.15, -0.1) is 0 Å². The van der Waals surface area contributed by atoms with Crippen molar-refractivity contribution < 1.29 is 9.53 Å². The molecule has 106 valence electrons. The highest BCUT2D eigenvalue weighted by Crippen LogP contribution is 2.63. The Hall–Kier alpha value is -1.36. The lowest BCUT2D eigenvalue weighted by atomic mass is 10.1. The number of imidazole rings is 1. The molecule has 0 amide bonds. The van der Waals surface area contributed by atoms with Crippen LogP contribution in [0.5, 0.6) is 0 Å². The summed E-state index contributed by atoms with van der Waals surface area (Å²) in [5.74, 6) is 0.774. The highest BCUT2D eigenvalue weighted by Gasteiger charge is 2.58. The van der Waals surface area contributed by atoms with Crippen molar-refractivity contribution in [3.63, 3.8) is 0 Å². The highest BCUT2D eigenvalue weighted by molar-refractivity contribution is 5.70. The molecule has 0 aliphatic heterocycles. The number of aromatic nitrogens is 2. The van der Waals surface area contributed by atoms with E-state index in [1.807, 2.05) is 20.8 Å². The molecule has 0 bridgehead atoms. The Bertz CT molecular complexity index is 485. The Morgan fingerprint density at radius 1 is 1.53 bits per heavy atom. The van der Waals surface area contributed by atoms with Gasteiger partial charge in [-0.3, -0.25) is 0 Å². The van der Waals surface area contributed by atoms with Gasteiger partial charge in [0.2, 0.25) is 0 Å². The van der Waals surface area contributed by atoms with Crippen LogP contribution in [0.4, 0.5) is 4.79 Å². The maximum absolute atomic E-state index is 11.9. The van der Waals surface area contributed by atoms with E-state index < -0.39 is 11.7 Å². The van der Waals surface area contributed by atoms with E-state index in [9.17, 15) is 4.79 Å².